The molecule has 0 amide bonds. The molecule has 0 N–H and O–H groups in total. The van der Waals surface area contributed by atoms with E-state index in [2.05, 4.69) is 5.10 Å². The fourth-order valence-corrected chi connectivity index (χ4v) is 1.60. The van der Waals surface area contributed by atoms with Crippen LogP contribution in [0.15, 0.2) is 30.5 Å². The Bertz CT molecular complexity index is 474. The van der Waals surface area contributed by atoms with Gasteiger partial charge in [-0.3, -0.25) is 4.68 Å². The van der Waals surface area contributed by atoms with E-state index in [1.165, 1.54) is 12.1 Å². The minimum Gasteiger partial charge on any atom is -0.272 e. The van der Waals surface area contributed by atoms with Crippen molar-refractivity contribution in [3.05, 3.63) is 41.8 Å². The summed E-state index contributed by atoms with van der Waals surface area (Å²) < 4.78 is 14.8. The molecule has 0 aliphatic heterocycles. The lowest BCUT2D eigenvalue weighted by Gasteiger charge is -2.02. The highest BCUT2D eigenvalue weighted by atomic mass is 19.1. The van der Waals surface area contributed by atoms with Crippen LogP contribution in [0.4, 0.5) is 4.39 Å². The van der Waals surface area contributed by atoms with Crippen LogP contribution >= 0.6 is 0 Å². The summed E-state index contributed by atoms with van der Waals surface area (Å²) in [7, 11) is 0. The lowest BCUT2D eigenvalue weighted by Crippen LogP contribution is -1.94. The molecule has 0 saturated carbocycles. The van der Waals surface area contributed by atoms with Gasteiger partial charge in [0, 0.05) is 18.3 Å². The lowest BCUT2D eigenvalue weighted by atomic mass is 10.1. The van der Waals surface area contributed by atoms with Crippen molar-refractivity contribution in [2.24, 2.45) is 0 Å². The first kappa shape index (κ1) is 9.90. The average Bonchev–Trinajstić information content (AvgIpc) is 2.66. The number of halogens is 1. The molecular formula is C12H13FN2. The second-order valence-corrected chi connectivity index (χ2v) is 3.52. The maximum atomic E-state index is 12.9. The van der Waals surface area contributed by atoms with Gasteiger partial charge in [0.25, 0.3) is 0 Å². The van der Waals surface area contributed by atoms with E-state index in [0.29, 0.717) is 0 Å². The molecule has 0 spiro atoms. The summed E-state index contributed by atoms with van der Waals surface area (Å²) >= 11 is 0. The third-order valence-electron chi connectivity index (χ3n) is 2.43. The molecule has 1 heterocycles. The van der Waals surface area contributed by atoms with Crippen LogP contribution in [0.5, 0.6) is 0 Å². The highest BCUT2D eigenvalue weighted by Gasteiger charge is 2.05. The summed E-state index contributed by atoms with van der Waals surface area (Å²) in [5.41, 5.74) is 2.80. The van der Waals surface area contributed by atoms with Gasteiger partial charge in [0.1, 0.15) is 5.82 Å². The lowest BCUT2D eigenvalue weighted by molar-refractivity contribution is 0.626. The van der Waals surface area contributed by atoms with Crippen LogP contribution in [0.2, 0.25) is 0 Å². The van der Waals surface area contributed by atoms with Gasteiger partial charge < -0.3 is 0 Å². The van der Waals surface area contributed by atoms with E-state index in [1.807, 2.05) is 30.8 Å². The van der Waals surface area contributed by atoms with Crippen LogP contribution < -0.4 is 0 Å². The molecule has 2 aromatic rings. The molecule has 0 bridgehead atoms. The molecule has 78 valence electrons. The molecule has 0 aliphatic rings. The Morgan fingerprint density at radius 1 is 1.33 bits per heavy atom. The first-order valence-electron chi connectivity index (χ1n) is 5.00. The van der Waals surface area contributed by atoms with Gasteiger partial charge in [-0.15, -0.1) is 0 Å². The Kier molecular flexibility index (Phi) is 2.54. The van der Waals surface area contributed by atoms with Gasteiger partial charge in [-0.25, -0.2) is 4.39 Å². The zero-order valence-corrected chi connectivity index (χ0v) is 8.87. The molecular weight excluding hydrogens is 191 g/mol. The number of benzene rings is 1. The van der Waals surface area contributed by atoms with E-state index in [9.17, 15) is 4.39 Å². The highest BCUT2D eigenvalue weighted by Crippen LogP contribution is 2.21. The van der Waals surface area contributed by atoms with E-state index in [-0.39, 0.29) is 5.82 Å². The predicted molar refractivity (Wildman–Crippen MR) is 58.0 cm³/mol. The first-order valence-corrected chi connectivity index (χ1v) is 5.00. The molecule has 2 nitrogen and oxygen atoms in total. The Labute approximate surface area is 88.4 Å². The van der Waals surface area contributed by atoms with Gasteiger partial charge >= 0.3 is 0 Å². The van der Waals surface area contributed by atoms with Crippen molar-refractivity contribution in [2.75, 3.05) is 0 Å². The smallest absolute Gasteiger partial charge is 0.123 e. The normalized spacial score (nSPS) is 10.6. The van der Waals surface area contributed by atoms with Crippen molar-refractivity contribution in [3.8, 4) is 11.3 Å². The minimum absolute atomic E-state index is 0.203. The van der Waals surface area contributed by atoms with Crippen molar-refractivity contribution in [2.45, 2.75) is 20.4 Å². The summed E-state index contributed by atoms with van der Waals surface area (Å²) in [4.78, 5) is 0. The molecule has 2 rings (SSSR count). The summed E-state index contributed by atoms with van der Waals surface area (Å²) in [5, 5.41) is 4.38. The van der Waals surface area contributed by atoms with Gasteiger partial charge in [-0.2, -0.15) is 5.10 Å². The van der Waals surface area contributed by atoms with Gasteiger partial charge in [0.2, 0.25) is 0 Å². The van der Waals surface area contributed by atoms with E-state index in [4.69, 9.17) is 0 Å². The van der Waals surface area contributed by atoms with Crippen molar-refractivity contribution in [3.63, 3.8) is 0 Å². The molecule has 1 aromatic carbocycles. The Morgan fingerprint density at radius 3 is 2.73 bits per heavy atom. The third kappa shape index (κ3) is 1.91. The van der Waals surface area contributed by atoms with Crippen molar-refractivity contribution < 1.29 is 4.39 Å². The Morgan fingerprint density at radius 2 is 2.13 bits per heavy atom. The molecule has 0 unspecified atom stereocenters. The fraction of sp³-hybridized carbons (Fsp3) is 0.250. The number of hydrogen-bond donors (Lipinski definition) is 0. The van der Waals surface area contributed by atoms with Gasteiger partial charge in [0.15, 0.2) is 0 Å². The SMILES string of the molecule is CCn1ccc(-c2ccc(F)cc2C)n1. The van der Waals surface area contributed by atoms with Crippen molar-refractivity contribution >= 4 is 0 Å². The van der Waals surface area contributed by atoms with E-state index in [1.54, 1.807) is 6.07 Å². The van der Waals surface area contributed by atoms with Crippen LogP contribution in [-0.2, 0) is 6.54 Å². The number of rotatable bonds is 2. The number of aryl methyl sites for hydroxylation is 2. The highest BCUT2D eigenvalue weighted by molar-refractivity contribution is 5.62. The summed E-state index contributed by atoms with van der Waals surface area (Å²) in [6.45, 7) is 4.78. The quantitative estimate of drug-likeness (QED) is 0.735. The largest absolute Gasteiger partial charge is 0.272 e. The maximum absolute atomic E-state index is 12.9. The summed E-state index contributed by atoms with van der Waals surface area (Å²) in [6, 6.07) is 6.71. The van der Waals surface area contributed by atoms with Gasteiger partial charge in [-0.05, 0) is 43.7 Å². The number of aromatic nitrogens is 2. The third-order valence-corrected chi connectivity index (χ3v) is 2.43. The Hall–Kier alpha value is -1.64. The predicted octanol–water partition coefficient (Wildman–Crippen LogP) is 3.02. The summed E-state index contributed by atoms with van der Waals surface area (Å²) in [6.07, 6.45) is 1.93. The number of nitrogens with zero attached hydrogens (tertiary/aromatic N) is 2. The zero-order chi connectivity index (χ0) is 10.8. The topological polar surface area (TPSA) is 17.8 Å². The zero-order valence-electron chi connectivity index (χ0n) is 8.87. The maximum Gasteiger partial charge on any atom is 0.123 e. The molecule has 1 aromatic heterocycles. The van der Waals surface area contributed by atoms with Crippen LogP contribution in [0.25, 0.3) is 11.3 Å². The standard InChI is InChI=1S/C12H13FN2/c1-3-15-7-6-12(14-15)11-5-4-10(13)8-9(11)2/h4-8H,3H2,1-2H3. The molecule has 15 heavy (non-hydrogen) atoms. The molecule has 3 heteroatoms. The molecule has 0 saturated heterocycles. The van der Waals surface area contributed by atoms with Crippen molar-refractivity contribution in [1.29, 1.82) is 0 Å². The fourth-order valence-electron chi connectivity index (χ4n) is 1.60. The second-order valence-electron chi connectivity index (χ2n) is 3.52. The first-order chi connectivity index (χ1) is 7.20. The monoisotopic (exact) mass is 204 g/mol. The molecule has 0 radical (unpaired) electrons. The van der Waals surface area contributed by atoms with Crippen LogP contribution in [-0.4, -0.2) is 9.78 Å². The molecule has 0 atom stereocenters. The average molecular weight is 204 g/mol. The van der Waals surface area contributed by atoms with Crippen LogP contribution in [0.3, 0.4) is 0 Å². The van der Waals surface area contributed by atoms with Crippen LogP contribution in [0, 0.1) is 12.7 Å². The summed E-state index contributed by atoms with van der Waals surface area (Å²) in [5.74, 6) is -0.203. The minimum atomic E-state index is -0.203. The Balaban J connectivity index is 2.44. The number of hydrogen-bond acceptors (Lipinski definition) is 1. The molecule has 0 aliphatic carbocycles. The van der Waals surface area contributed by atoms with Gasteiger partial charge in [0.05, 0.1) is 5.69 Å². The van der Waals surface area contributed by atoms with Crippen LogP contribution in [0.1, 0.15) is 12.5 Å². The van der Waals surface area contributed by atoms with E-state index in [0.717, 1.165) is 23.4 Å². The van der Waals surface area contributed by atoms with Gasteiger partial charge in [-0.1, -0.05) is 0 Å². The second kappa shape index (κ2) is 3.85. The molecule has 0 fully saturated rings. The van der Waals surface area contributed by atoms with E-state index < -0.39 is 0 Å². The van der Waals surface area contributed by atoms with E-state index >= 15 is 0 Å². The van der Waals surface area contributed by atoms with Crippen molar-refractivity contribution in [1.82, 2.24) is 9.78 Å².